The van der Waals surface area contributed by atoms with Crippen LogP contribution in [0.25, 0.3) is 0 Å². The largest absolute Gasteiger partial charge is 0.478 e. The normalized spacial score (nSPS) is 18.7. The molecule has 142 valence electrons. The molecule has 0 unspecified atom stereocenters. The van der Waals surface area contributed by atoms with Gasteiger partial charge in [0, 0.05) is 10.7 Å². The van der Waals surface area contributed by atoms with E-state index in [1.807, 2.05) is 73.7 Å². The zero-order chi connectivity index (χ0) is 19.8. The van der Waals surface area contributed by atoms with Crippen LogP contribution in [0.15, 0.2) is 66.7 Å². The topological polar surface area (TPSA) is 29.5 Å². The van der Waals surface area contributed by atoms with Crippen molar-refractivity contribution in [1.29, 1.82) is 0 Å². The van der Waals surface area contributed by atoms with Crippen LogP contribution >= 0.6 is 11.6 Å². The molecule has 0 spiro atoms. The number of carbonyl (C=O) groups is 1. The minimum atomic E-state index is -0.609. The van der Waals surface area contributed by atoms with E-state index in [1.165, 1.54) is 5.56 Å². The molecule has 2 atom stereocenters. The minimum absolute atomic E-state index is 0.0589. The maximum Gasteiger partial charge on any atom is 0.271 e. The van der Waals surface area contributed by atoms with Crippen LogP contribution in [0.2, 0.25) is 5.02 Å². The molecule has 28 heavy (non-hydrogen) atoms. The molecule has 3 aromatic rings. The highest BCUT2D eigenvalue weighted by Gasteiger charge is 2.51. The summed E-state index contributed by atoms with van der Waals surface area (Å²) in [5.41, 5.74) is 5.09. The molecule has 1 heterocycles. The van der Waals surface area contributed by atoms with Gasteiger partial charge in [-0.05, 0) is 67.3 Å². The lowest BCUT2D eigenvalue weighted by Gasteiger charge is -2.47. The van der Waals surface area contributed by atoms with Crippen molar-refractivity contribution in [2.45, 2.75) is 32.9 Å². The first-order valence-electron chi connectivity index (χ1n) is 9.34. The molecule has 3 aromatic carbocycles. The summed E-state index contributed by atoms with van der Waals surface area (Å²) in [6.07, 6.45) is -0.609. The molecule has 1 fully saturated rings. The number of amides is 1. The predicted molar refractivity (Wildman–Crippen MR) is 113 cm³/mol. The van der Waals surface area contributed by atoms with Gasteiger partial charge < -0.3 is 4.74 Å². The van der Waals surface area contributed by atoms with Crippen LogP contribution < -0.4 is 9.64 Å². The average molecular weight is 392 g/mol. The Kier molecular flexibility index (Phi) is 4.86. The van der Waals surface area contributed by atoms with E-state index in [9.17, 15) is 4.79 Å². The van der Waals surface area contributed by atoms with Crippen molar-refractivity contribution in [3.05, 3.63) is 94.0 Å². The lowest BCUT2D eigenvalue weighted by atomic mass is 9.89. The van der Waals surface area contributed by atoms with E-state index in [2.05, 4.69) is 13.8 Å². The van der Waals surface area contributed by atoms with Crippen molar-refractivity contribution in [1.82, 2.24) is 0 Å². The van der Waals surface area contributed by atoms with E-state index in [4.69, 9.17) is 16.3 Å². The Morgan fingerprint density at radius 3 is 2.29 bits per heavy atom. The van der Waals surface area contributed by atoms with E-state index in [0.29, 0.717) is 5.02 Å². The number of halogens is 1. The van der Waals surface area contributed by atoms with E-state index in [-0.39, 0.29) is 11.9 Å². The van der Waals surface area contributed by atoms with Gasteiger partial charge in [0.05, 0.1) is 0 Å². The summed E-state index contributed by atoms with van der Waals surface area (Å²) in [5, 5.41) is 0.632. The van der Waals surface area contributed by atoms with Crippen LogP contribution in [0.4, 0.5) is 5.69 Å². The second-order valence-electron chi connectivity index (χ2n) is 7.25. The number of hydrogen-bond acceptors (Lipinski definition) is 2. The molecule has 1 aliphatic heterocycles. The number of aryl methyl sites for hydroxylation is 3. The van der Waals surface area contributed by atoms with Gasteiger partial charge in [-0.15, -0.1) is 0 Å². The van der Waals surface area contributed by atoms with Crippen LogP contribution in [-0.2, 0) is 4.79 Å². The quantitative estimate of drug-likeness (QED) is 0.526. The van der Waals surface area contributed by atoms with Crippen LogP contribution in [0.1, 0.15) is 28.3 Å². The van der Waals surface area contributed by atoms with Crippen molar-refractivity contribution < 1.29 is 9.53 Å². The standard InChI is InChI=1S/C24H22ClNO2/c1-15-12-13-18(14-17(15)3)26-22(19-9-5-6-10-20(19)25)23(24(26)27)28-21-11-7-4-8-16(21)2/h4-14,22-23H,1-3H3/t22-,23+/m0/s1. The summed E-state index contributed by atoms with van der Waals surface area (Å²) in [6, 6.07) is 21.2. The molecule has 1 aliphatic rings. The molecule has 0 aliphatic carbocycles. The average Bonchev–Trinajstić information content (AvgIpc) is 2.68. The van der Waals surface area contributed by atoms with Crippen LogP contribution in [-0.4, -0.2) is 12.0 Å². The lowest BCUT2D eigenvalue weighted by Crippen LogP contribution is -2.61. The Labute approximate surface area is 170 Å². The predicted octanol–water partition coefficient (Wildman–Crippen LogP) is 5.80. The molecule has 4 rings (SSSR count). The van der Waals surface area contributed by atoms with Gasteiger partial charge in [-0.2, -0.15) is 0 Å². The summed E-state index contributed by atoms with van der Waals surface area (Å²) in [7, 11) is 0. The summed E-state index contributed by atoms with van der Waals surface area (Å²) in [5.74, 6) is 0.661. The minimum Gasteiger partial charge on any atom is -0.478 e. The van der Waals surface area contributed by atoms with E-state index in [0.717, 1.165) is 28.1 Å². The smallest absolute Gasteiger partial charge is 0.271 e. The molecule has 0 aromatic heterocycles. The molecular formula is C24H22ClNO2. The fourth-order valence-electron chi connectivity index (χ4n) is 3.58. The number of ether oxygens (including phenoxy) is 1. The van der Waals surface area contributed by atoms with Gasteiger partial charge in [0.2, 0.25) is 6.10 Å². The number of para-hydroxylation sites is 1. The fraction of sp³-hybridized carbons (Fsp3) is 0.208. The summed E-state index contributed by atoms with van der Waals surface area (Å²) < 4.78 is 6.17. The van der Waals surface area contributed by atoms with Crippen LogP contribution in [0, 0.1) is 20.8 Å². The molecule has 1 amide bonds. The van der Waals surface area contributed by atoms with Gasteiger partial charge in [0.25, 0.3) is 5.91 Å². The Hall–Kier alpha value is -2.78. The molecule has 0 saturated carbocycles. The van der Waals surface area contributed by atoms with E-state index in [1.54, 1.807) is 4.90 Å². The molecule has 1 saturated heterocycles. The Morgan fingerprint density at radius 1 is 0.857 bits per heavy atom. The van der Waals surface area contributed by atoms with E-state index < -0.39 is 6.10 Å². The third-order valence-electron chi connectivity index (χ3n) is 5.39. The Balaban J connectivity index is 1.75. The number of β-lactam (4-membered cyclic amide) rings is 1. The van der Waals surface area contributed by atoms with Gasteiger partial charge in [-0.3, -0.25) is 9.69 Å². The number of hydrogen-bond donors (Lipinski definition) is 0. The number of carbonyl (C=O) groups excluding carboxylic acids is 1. The van der Waals surface area contributed by atoms with E-state index >= 15 is 0 Å². The Bertz CT molecular complexity index is 1050. The Morgan fingerprint density at radius 2 is 1.57 bits per heavy atom. The number of nitrogens with zero attached hydrogens (tertiary/aromatic N) is 1. The van der Waals surface area contributed by atoms with Gasteiger partial charge >= 0.3 is 0 Å². The zero-order valence-electron chi connectivity index (χ0n) is 16.1. The van der Waals surface area contributed by atoms with Gasteiger partial charge in [-0.1, -0.05) is 54.1 Å². The SMILES string of the molecule is Cc1ccc(N2C(=O)[C@H](Oc3ccccc3C)[C@@H]2c2ccccc2Cl)cc1C. The summed E-state index contributed by atoms with van der Waals surface area (Å²) >= 11 is 6.49. The highest BCUT2D eigenvalue weighted by Crippen LogP contribution is 2.44. The van der Waals surface area contributed by atoms with Crippen LogP contribution in [0.5, 0.6) is 5.75 Å². The summed E-state index contributed by atoms with van der Waals surface area (Å²) in [6.45, 7) is 6.09. The maximum absolute atomic E-state index is 13.1. The molecule has 0 radical (unpaired) electrons. The highest BCUT2D eigenvalue weighted by atomic mass is 35.5. The number of anilines is 1. The second kappa shape index (κ2) is 7.33. The zero-order valence-corrected chi connectivity index (χ0v) is 16.9. The van der Waals surface area contributed by atoms with Crippen molar-refractivity contribution >= 4 is 23.2 Å². The molecule has 3 nitrogen and oxygen atoms in total. The van der Waals surface area contributed by atoms with Crippen molar-refractivity contribution in [2.24, 2.45) is 0 Å². The lowest BCUT2D eigenvalue weighted by molar-refractivity contribution is -0.135. The first-order chi connectivity index (χ1) is 13.5. The van der Waals surface area contributed by atoms with Gasteiger partial charge in [-0.25, -0.2) is 0 Å². The number of benzene rings is 3. The summed E-state index contributed by atoms with van der Waals surface area (Å²) in [4.78, 5) is 14.9. The molecule has 0 N–H and O–H groups in total. The van der Waals surface area contributed by atoms with Gasteiger partial charge in [0.1, 0.15) is 11.8 Å². The van der Waals surface area contributed by atoms with Crippen LogP contribution in [0.3, 0.4) is 0 Å². The first-order valence-corrected chi connectivity index (χ1v) is 9.72. The number of rotatable bonds is 4. The van der Waals surface area contributed by atoms with Gasteiger partial charge in [0.15, 0.2) is 0 Å². The highest BCUT2D eigenvalue weighted by molar-refractivity contribution is 6.31. The monoisotopic (exact) mass is 391 g/mol. The third kappa shape index (κ3) is 3.16. The second-order valence-corrected chi connectivity index (χ2v) is 7.65. The fourth-order valence-corrected chi connectivity index (χ4v) is 3.83. The van der Waals surface area contributed by atoms with Crippen molar-refractivity contribution in [3.63, 3.8) is 0 Å². The van der Waals surface area contributed by atoms with Crippen molar-refractivity contribution in [3.8, 4) is 5.75 Å². The third-order valence-corrected chi connectivity index (χ3v) is 5.73. The molecule has 0 bridgehead atoms. The van der Waals surface area contributed by atoms with Crippen molar-refractivity contribution in [2.75, 3.05) is 4.90 Å². The maximum atomic E-state index is 13.1. The first kappa shape index (κ1) is 18.6. The molecular weight excluding hydrogens is 370 g/mol. The molecule has 4 heteroatoms.